The van der Waals surface area contributed by atoms with Gasteiger partial charge >= 0.3 is 0 Å². The van der Waals surface area contributed by atoms with Crippen molar-refractivity contribution in [2.24, 2.45) is 0 Å². The first-order valence-corrected chi connectivity index (χ1v) is 6.62. The molecule has 110 valence electrons. The van der Waals surface area contributed by atoms with Crippen molar-refractivity contribution in [1.82, 2.24) is 0 Å². The van der Waals surface area contributed by atoms with Gasteiger partial charge in [0.05, 0.1) is 5.56 Å². The lowest BCUT2D eigenvalue weighted by molar-refractivity contribution is 0.102. The molecule has 0 aliphatic rings. The lowest BCUT2D eigenvalue weighted by Crippen LogP contribution is -2.15. The van der Waals surface area contributed by atoms with Crippen molar-refractivity contribution in [1.29, 1.82) is 0 Å². The quantitative estimate of drug-likeness (QED) is 0.895. The lowest BCUT2D eigenvalue weighted by Gasteiger charge is -2.12. The normalized spacial score (nSPS) is 10.3. The highest BCUT2D eigenvalue weighted by Gasteiger charge is 2.12. The zero-order valence-corrected chi connectivity index (χ0v) is 11.8. The van der Waals surface area contributed by atoms with E-state index in [2.05, 4.69) is 10.6 Å². The molecule has 1 amide bonds. The SMILES string of the molecule is CCNc1ccc(C)cc1C(=O)Nc1ccc(F)c(F)c1. The Balaban J connectivity index is 2.27. The van der Waals surface area contributed by atoms with E-state index in [0.29, 0.717) is 17.8 Å². The van der Waals surface area contributed by atoms with Crippen molar-refractivity contribution >= 4 is 17.3 Å². The molecule has 0 fully saturated rings. The number of carbonyl (C=O) groups excluding carboxylic acids is 1. The second-order valence-corrected chi connectivity index (χ2v) is 4.66. The van der Waals surface area contributed by atoms with Gasteiger partial charge in [-0.2, -0.15) is 0 Å². The molecule has 2 rings (SSSR count). The van der Waals surface area contributed by atoms with Crippen molar-refractivity contribution in [2.75, 3.05) is 17.2 Å². The Morgan fingerprint density at radius 2 is 1.86 bits per heavy atom. The Kier molecular flexibility index (Phi) is 4.52. The van der Waals surface area contributed by atoms with Gasteiger partial charge in [0, 0.05) is 24.0 Å². The van der Waals surface area contributed by atoms with Gasteiger partial charge in [0.15, 0.2) is 11.6 Å². The fourth-order valence-corrected chi connectivity index (χ4v) is 1.96. The predicted molar refractivity (Wildman–Crippen MR) is 79.7 cm³/mol. The van der Waals surface area contributed by atoms with Crippen LogP contribution in [0.4, 0.5) is 20.2 Å². The minimum atomic E-state index is -0.996. The highest BCUT2D eigenvalue weighted by molar-refractivity contribution is 6.08. The van der Waals surface area contributed by atoms with Crippen LogP contribution in [-0.4, -0.2) is 12.5 Å². The summed E-state index contributed by atoms with van der Waals surface area (Å²) in [4.78, 5) is 12.3. The summed E-state index contributed by atoms with van der Waals surface area (Å²) < 4.78 is 26.0. The van der Waals surface area contributed by atoms with E-state index in [-0.39, 0.29) is 11.6 Å². The number of aryl methyl sites for hydroxylation is 1. The summed E-state index contributed by atoms with van der Waals surface area (Å²) in [5.74, 6) is -2.32. The van der Waals surface area contributed by atoms with E-state index in [1.807, 2.05) is 26.0 Å². The molecule has 0 saturated heterocycles. The second kappa shape index (κ2) is 6.35. The average molecular weight is 290 g/mol. The molecule has 0 atom stereocenters. The Bertz CT molecular complexity index is 671. The first-order chi connectivity index (χ1) is 10.0. The van der Waals surface area contributed by atoms with Gasteiger partial charge in [0.1, 0.15) is 0 Å². The molecule has 2 aromatic rings. The molecule has 2 aromatic carbocycles. The maximum absolute atomic E-state index is 13.2. The molecule has 3 nitrogen and oxygen atoms in total. The van der Waals surface area contributed by atoms with Gasteiger partial charge in [0.2, 0.25) is 0 Å². The fourth-order valence-electron chi connectivity index (χ4n) is 1.96. The van der Waals surface area contributed by atoms with E-state index in [9.17, 15) is 13.6 Å². The first kappa shape index (κ1) is 15.0. The number of nitrogens with one attached hydrogen (secondary N) is 2. The van der Waals surface area contributed by atoms with Gasteiger partial charge in [-0.25, -0.2) is 8.78 Å². The molecular formula is C16H16F2N2O. The third kappa shape index (κ3) is 3.56. The predicted octanol–water partition coefficient (Wildman–Crippen LogP) is 3.96. The van der Waals surface area contributed by atoms with Crippen LogP contribution in [0.25, 0.3) is 0 Å². The van der Waals surface area contributed by atoms with Crippen LogP contribution in [-0.2, 0) is 0 Å². The zero-order chi connectivity index (χ0) is 15.4. The van der Waals surface area contributed by atoms with Crippen LogP contribution in [0.5, 0.6) is 0 Å². The molecule has 0 aliphatic carbocycles. The molecule has 5 heteroatoms. The Morgan fingerprint density at radius 3 is 2.52 bits per heavy atom. The van der Waals surface area contributed by atoms with Crippen molar-refractivity contribution in [3.63, 3.8) is 0 Å². The van der Waals surface area contributed by atoms with E-state index in [1.54, 1.807) is 6.07 Å². The molecular weight excluding hydrogens is 274 g/mol. The van der Waals surface area contributed by atoms with Gasteiger partial charge in [-0.15, -0.1) is 0 Å². The molecule has 0 bridgehead atoms. The van der Waals surface area contributed by atoms with Crippen LogP contribution in [0.15, 0.2) is 36.4 Å². The number of anilines is 2. The van der Waals surface area contributed by atoms with Gasteiger partial charge < -0.3 is 10.6 Å². The molecule has 0 aliphatic heterocycles. The van der Waals surface area contributed by atoms with Crippen LogP contribution in [0.2, 0.25) is 0 Å². The third-order valence-electron chi connectivity index (χ3n) is 2.96. The summed E-state index contributed by atoms with van der Waals surface area (Å²) >= 11 is 0. The highest BCUT2D eigenvalue weighted by atomic mass is 19.2. The van der Waals surface area contributed by atoms with E-state index < -0.39 is 11.6 Å². The maximum atomic E-state index is 13.2. The summed E-state index contributed by atoms with van der Waals surface area (Å²) in [6.07, 6.45) is 0. The van der Waals surface area contributed by atoms with Gasteiger partial charge in [0.25, 0.3) is 5.91 Å². The van der Waals surface area contributed by atoms with E-state index >= 15 is 0 Å². The zero-order valence-electron chi connectivity index (χ0n) is 11.8. The number of hydrogen-bond donors (Lipinski definition) is 2. The molecule has 2 N–H and O–H groups in total. The fraction of sp³-hybridized carbons (Fsp3) is 0.188. The van der Waals surface area contributed by atoms with Gasteiger partial charge in [-0.3, -0.25) is 4.79 Å². The monoisotopic (exact) mass is 290 g/mol. The Morgan fingerprint density at radius 1 is 1.10 bits per heavy atom. The summed E-state index contributed by atoms with van der Waals surface area (Å²) in [5.41, 5.74) is 2.31. The smallest absolute Gasteiger partial charge is 0.257 e. The largest absolute Gasteiger partial charge is 0.385 e. The van der Waals surface area contributed by atoms with Crippen LogP contribution < -0.4 is 10.6 Å². The Labute approximate surface area is 122 Å². The molecule has 21 heavy (non-hydrogen) atoms. The van der Waals surface area contributed by atoms with Crippen LogP contribution in [0.1, 0.15) is 22.8 Å². The number of carbonyl (C=O) groups is 1. The Hall–Kier alpha value is -2.43. The van der Waals surface area contributed by atoms with Crippen molar-refractivity contribution < 1.29 is 13.6 Å². The van der Waals surface area contributed by atoms with Crippen molar-refractivity contribution in [3.8, 4) is 0 Å². The molecule has 0 heterocycles. The van der Waals surface area contributed by atoms with Crippen LogP contribution >= 0.6 is 0 Å². The molecule has 0 unspecified atom stereocenters. The topological polar surface area (TPSA) is 41.1 Å². The second-order valence-electron chi connectivity index (χ2n) is 4.66. The number of rotatable bonds is 4. The van der Waals surface area contributed by atoms with Crippen LogP contribution in [0.3, 0.4) is 0 Å². The molecule has 0 aromatic heterocycles. The maximum Gasteiger partial charge on any atom is 0.257 e. The number of hydrogen-bond acceptors (Lipinski definition) is 2. The number of benzene rings is 2. The summed E-state index contributed by atoms with van der Waals surface area (Å²) in [6.45, 7) is 4.48. The summed E-state index contributed by atoms with van der Waals surface area (Å²) in [7, 11) is 0. The minimum absolute atomic E-state index is 0.211. The van der Waals surface area contributed by atoms with Crippen LogP contribution in [0, 0.1) is 18.6 Å². The van der Waals surface area contributed by atoms with Crippen molar-refractivity contribution in [3.05, 3.63) is 59.2 Å². The lowest BCUT2D eigenvalue weighted by atomic mass is 10.1. The molecule has 0 saturated carbocycles. The standard InChI is InChI=1S/C16H16F2N2O/c1-3-19-15-7-4-10(2)8-12(15)16(21)20-11-5-6-13(17)14(18)9-11/h4-9,19H,3H2,1-2H3,(H,20,21). The summed E-state index contributed by atoms with van der Waals surface area (Å²) in [5, 5.41) is 5.66. The average Bonchev–Trinajstić information content (AvgIpc) is 2.45. The third-order valence-corrected chi connectivity index (χ3v) is 2.96. The minimum Gasteiger partial charge on any atom is -0.385 e. The number of halogens is 2. The summed E-state index contributed by atoms with van der Waals surface area (Å²) in [6, 6.07) is 8.71. The van der Waals surface area contributed by atoms with Gasteiger partial charge in [-0.05, 0) is 38.1 Å². The molecule has 0 spiro atoms. The van der Waals surface area contributed by atoms with Crippen molar-refractivity contribution in [2.45, 2.75) is 13.8 Å². The van der Waals surface area contributed by atoms with Gasteiger partial charge in [-0.1, -0.05) is 11.6 Å². The highest BCUT2D eigenvalue weighted by Crippen LogP contribution is 2.20. The van der Waals surface area contributed by atoms with E-state index in [1.165, 1.54) is 6.07 Å². The number of amides is 1. The van der Waals surface area contributed by atoms with E-state index in [0.717, 1.165) is 17.7 Å². The molecule has 0 radical (unpaired) electrons. The first-order valence-electron chi connectivity index (χ1n) is 6.62. The van der Waals surface area contributed by atoms with E-state index in [4.69, 9.17) is 0 Å².